The number of carboxylic acid groups (broad SMARTS) is 1. The molecule has 1 unspecified atom stereocenters. The number of nitrogens with one attached hydrogen (secondary N) is 2. The van der Waals surface area contributed by atoms with Crippen LogP contribution in [-0.4, -0.2) is 56.5 Å². The predicted octanol–water partition coefficient (Wildman–Crippen LogP) is -0.137. The van der Waals surface area contributed by atoms with Crippen molar-refractivity contribution in [3.05, 3.63) is 0 Å². The Morgan fingerprint density at radius 3 is 2.75 bits per heavy atom. The highest BCUT2D eigenvalue weighted by molar-refractivity contribution is 7.87. The topological polar surface area (TPSA) is 98.7 Å². The largest absolute Gasteiger partial charge is 0.480 e. The van der Waals surface area contributed by atoms with Crippen LogP contribution in [0.15, 0.2) is 0 Å². The van der Waals surface area contributed by atoms with E-state index in [-0.39, 0.29) is 18.4 Å². The smallest absolute Gasteiger partial charge is 0.317 e. The second-order valence-electron chi connectivity index (χ2n) is 5.64. The van der Waals surface area contributed by atoms with Crippen LogP contribution in [-0.2, 0) is 15.0 Å². The number of carboxylic acids is 1. The van der Waals surface area contributed by atoms with Crippen molar-refractivity contribution in [1.29, 1.82) is 0 Å². The zero-order chi connectivity index (χ0) is 15.2. The van der Waals surface area contributed by atoms with Crippen LogP contribution in [0.25, 0.3) is 0 Å². The molecule has 0 aromatic heterocycles. The lowest BCUT2D eigenvalue weighted by molar-refractivity contribution is -0.136. The third-order valence-corrected chi connectivity index (χ3v) is 4.75. The standard InChI is InChI=1S/C12H25N3O4S/c1-10(2)6-14-20(18,19)15-5-3-4-11(9-15)7-13-8-12(16)17/h10-11,13-14H,3-9H2,1-2H3,(H,16,17). The summed E-state index contributed by atoms with van der Waals surface area (Å²) in [6.45, 7) is 5.76. The van der Waals surface area contributed by atoms with Gasteiger partial charge in [0.25, 0.3) is 10.2 Å². The monoisotopic (exact) mass is 307 g/mol. The van der Waals surface area contributed by atoms with Gasteiger partial charge in [-0.05, 0) is 31.2 Å². The third-order valence-electron chi connectivity index (χ3n) is 3.20. The second kappa shape index (κ2) is 7.92. The van der Waals surface area contributed by atoms with E-state index in [1.807, 2.05) is 13.8 Å². The first-order valence-corrected chi connectivity index (χ1v) is 8.42. The van der Waals surface area contributed by atoms with E-state index in [0.29, 0.717) is 26.2 Å². The summed E-state index contributed by atoms with van der Waals surface area (Å²) in [5, 5.41) is 11.4. The first-order valence-electron chi connectivity index (χ1n) is 6.98. The highest BCUT2D eigenvalue weighted by Gasteiger charge is 2.28. The van der Waals surface area contributed by atoms with Crippen LogP contribution < -0.4 is 10.0 Å². The summed E-state index contributed by atoms with van der Waals surface area (Å²) in [6.07, 6.45) is 1.73. The quantitative estimate of drug-likeness (QED) is 0.580. The molecule has 0 aliphatic carbocycles. The van der Waals surface area contributed by atoms with Crippen LogP contribution in [0, 0.1) is 11.8 Å². The van der Waals surface area contributed by atoms with Crippen molar-refractivity contribution in [2.45, 2.75) is 26.7 Å². The first-order chi connectivity index (χ1) is 9.31. The fraction of sp³-hybridized carbons (Fsp3) is 0.917. The maximum Gasteiger partial charge on any atom is 0.317 e. The molecule has 1 saturated heterocycles. The van der Waals surface area contributed by atoms with E-state index in [4.69, 9.17) is 5.11 Å². The van der Waals surface area contributed by atoms with E-state index < -0.39 is 16.2 Å². The van der Waals surface area contributed by atoms with Gasteiger partial charge in [-0.1, -0.05) is 13.8 Å². The average molecular weight is 307 g/mol. The van der Waals surface area contributed by atoms with E-state index in [2.05, 4.69) is 10.0 Å². The summed E-state index contributed by atoms with van der Waals surface area (Å²) in [4.78, 5) is 10.4. The molecule has 1 aliphatic heterocycles. The predicted molar refractivity (Wildman–Crippen MR) is 76.6 cm³/mol. The summed E-state index contributed by atoms with van der Waals surface area (Å²) in [6, 6.07) is 0. The van der Waals surface area contributed by atoms with Gasteiger partial charge in [-0.2, -0.15) is 12.7 Å². The number of rotatable bonds is 8. The fourth-order valence-electron chi connectivity index (χ4n) is 2.16. The van der Waals surface area contributed by atoms with Gasteiger partial charge >= 0.3 is 5.97 Å². The molecule has 0 spiro atoms. The zero-order valence-corrected chi connectivity index (χ0v) is 12.9. The van der Waals surface area contributed by atoms with Gasteiger partial charge in [0.15, 0.2) is 0 Å². The number of carbonyl (C=O) groups is 1. The van der Waals surface area contributed by atoms with E-state index >= 15 is 0 Å². The van der Waals surface area contributed by atoms with Crippen molar-refractivity contribution >= 4 is 16.2 Å². The van der Waals surface area contributed by atoms with E-state index in [1.54, 1.807) is 0 Å². The molecule has 1 atom stereocenters. The third kappa shape index (κ3) is 6.17. The van der Waals surface area contributed by atoms with Crippen molar-refractivity contribution in [3.63, 3.8) is 0 Å². The molecule has 0 saturated carbocycles. The minimum absolute atomic E-state index is 0.0884. The van der Waals surface area contributed by atoms with Crippen LogP contribution >= 0.6 is 0 Å². The van der Waals surface area contributed by atoms with Gasteiger partial charge in [0.05, 0.1) is 6.54 Å². The number of piperidine rings is 1. The van der Waals surface area contributed by atoms with Crippen molar-refractivity contribution in [1.82, 2.24) is 14.3 Å². The van der Waals surface area contributed by atoms with Crippen LogP contribution in [0.4, 0.5) is 0 Å². The molecule has 0 aromatic carbocycles. The molecule has 0 aromatic rings. The van der Waals surface area contributed by atoms with E-state index in [0.717, 1.165) is 12.8 Å². The van der Waals surface area contributed by atoms with E-state index in [1.165, 1.54) is 4.31 Å². The summed E-state index contributed by atoms with van der Waals surface area (Å²) in [5.41, 5.74) is 0. The molecular formula is C12H25N3O4S. The van der Waals surface area contributed by atoms with Gasteiger partial charge in [-0.15, -0.1) is 0 Å². The summed E-state index contributed by atoms with van der Waals surface area (Å²) in [5.74, 6) is -0.467. The molecule has 0 amide bonds. The molecule has 1 aliphatic rings. The molecule has 1 heterocycles. The molecule has 3 N–H and O–H groups in total. The van der Waals surface area contributed by atoms with Gasteiger partial charge in [-0.3, -0.25) is 4.79 Å². The molecule has 0 radical (unpaired) electrons. The SMILES string of the molecule is CC(C)CNS(=O)(=O)N1CCCC(CNCC(=O)O)C1. The summed E-state index contributed by atoms with van der Waals surface area (Å²) in [7, 11) is -3.41. The Morgan fingerprint density at radius 2 is 2.15 bits per heavy atom. The first kappa shape index (κ1) is 17.4. The van der Waals surface area contributed by atoms with Gasteiger partial charge in [0.2, 0.25) is 0 Å². The van der Waals surface area contributed by atoms with Gasteiger partial charge in [0, 0.05) is 19.6 Å². The van der Waals surface area contributed by atoms with Crippen molar-refractivity contribution in [2.75, 3.05) is 32.7 Å². The molecule has 20 heavy (non-hydrogen) atoms. The molecule has 118 valence electrons. The number of hydrogen-bond acceptors (Lipinski definition) is 4. The normalized spacial score (nSPS) is 21.2. The highest BCUT2D eigenvalue weighted by atomic mass is 32.2. The average Bonchev–Trinajstić information content (AvgIpc) is 2.36. The van der Waals surface area contributed by atoms with Crippen LogP contribution in [0.3, 0.4) is 0 Å². The van der Waals surface area contributed by atoms with Gasteiger partial charge < -0.3 is 10.4 Å². The van der Waals surface area contributed by atoms with Crippen molar-refractivity contribution in [3.8, 4) is 0 Å². The Morgan fingerprint density at radius 1 is 1.45 bits per heavy atom. The molecule has 8 heteroatoms. The zero-order valence-electron chi connectivity index (χ0n) is 12.1. The Kier molecular flexibility index (Phi) is 6.87. The number of nitrogens with zero attached hydrogens (tertiary/aromatic N) is 1. The van der Waals surface area contributed by atoms with Gasteiger partial charge in [0.1, 0.15) is 0 Å². The van der Waals surface area contributed by atoms with Gasteiger partial charge in [-0.25, -0.2) is 4.72 Å². The lowest BCUT2D eigenvalue weighted by atomic mass is 10.00. The van der Waals surface area contributed by atoms with Crippen molar-refractivity contribution in [2.24, 2.45) is 11.8 Å². The second-order valence-corrected chi connectivity index (χ2v) is 7.39. The highest BCUT2D eigenvalue weighted by Crippen LogP contribution is 2.18. The Bertz CT molecular complexity index is 411. The minimum atomic E-state index is -3.41. The Hall–Kier alpha value is -0.700. The Balaban J connectivity index is 2.45. The van der Waals surface area contributed by atoms with Crippen LogP contribution in [0.2, 0.25) is 0 Å². The molecular weight excluding hydrogens is 282 g/mol. The maximum absolute atomic E-state index is 12.1. The van der Waals surface area contributed by atoms with E-state index in [9.17, 15) is 13.2 Å². The number of hydrogen-bond donors (Lipinski definition) is 3. The lowest BCUT2D eigenvalue weighted by Crippen LogP contribution is -2.48. The lowest BCUT2D eigenvalue weighted by Gasteiger charge is -2.32. The summed E-state index contributed by atoms with van der Waals surface area (Å²) >= 11 is 0. The number of aliphatic carboxylic acids is 1. The maximum atomic E-state index is 12.1. The molecule has 0 bridgehead atoms. The summed E-state index contributed by atoms with van der Waals surface area (Å²) < 4.78 is 28.3. The van der Waals surface area contributed by atoms with Crippen molar-refractivity contribution < 1.29 is 18.3 Å². The minimum Gasteiger partial charge on any atom is -0.480 e. The Labute approximate surface area is 120 Å². The van der Waals surface area contributed by atoms with Crippen LogP contribution in [0.5, 0.6) is 0 Å². The van der Waals surface area contributed by atoms with Crippen LogP contribution in [0.1, 0.15) is 26.7 Å². The fourth-order valence-corrected chi connectivity index (χ4v) is 3.66. The molecule has 7 nitrogen and oxygen atoms in total. The molecule has 1 fully saturated rings. The molecule has 1 rings (SSSR count).